The molecule has 0 aliphatic carbocycles. The van der Waals surface area contributed by atoms with Gasteiger partial charge >= 0.3 is 0 Å². The predicted octanol–water partition coefficient (Wildman–Crippen LogP) is 2.95. The van der Waals surface area contributed by atoms with Crippen LogP contribution in [0.5, 0.6) is 0 Å². The van der Waals surface area contributed by atoms with E-state index in [-0.39, 0.29) is 35.6 Å². The van der Waals surface area contributed by atoms with Crippen molar-refractivity contribution < 1.29 is 22.8 Å². The third-order valence-electron chi connectivity index (χ3n) is 5.42. The van der Waals surface area contributed by atoms with E-state index in [1.807, 2.05) is 0 Å². The summed E-state index contributed by atoms with van der Waals surface area (Å²) in [5.74, 6) is -0.993. The highest BCUT2D eigenvalue weighted by Crippen LogP contribution is 2.29. The quantitative estimate of drug-likeness (QED) is 0.489. The zero-order valence-corrected chi connectivity index (χ0v) is 19.7. The molecule has 0 saturated carbocycles. The molecule has 0 fully saturated rings. The summed E-state index contributed by atoms with van der Waals surface area (Å²) in [6, 6.07) is 11.3. The number of carbonyl (C=O) groups excluding carboxylic acids is 3. The molecule has 0 unspecified atom stereocenters. The first kappa shape index (κ1) is 23.0. The Morgan fingerprint density at radius 2 is 1.79 bits per heavy atom. The fraction of sp³-hybridized carbons (Fsp3) is 0.273. The van der Waals surface area contributed by atoms with E-state index in [9.17, 15) is 22.8 Å². The van der Waals surface area contributed by atoms with Gasteiger partial charge in [-0.15, -0.1) is 0 Å². The number of nitrogens with one attached hydrogen (secondary N) is 1. The highest BCUT2D eigenvalue weighted by Gasteiger charge is 2.34. The molecule has 3 amide bonds. The van der Waals surface area contributed by atoms with Crippen LogP contribution < -0.4 is 5.32 Å². The van der Waals surface area contributed by atoms with Crippen molar-refractivity contribution in [2.75, 3.05) is 25.5 Å². The molecule has 1 N–H and O–H groups in total. The molecule has 4 rings (SSSR count). The molecule has 1 aliphatic heterocycles. The number of fused-ring (bicyclic) bond motifs is 2. The van der Waals surface area contributed by atoms with Crippen LogP contribution in [0, 0.1) is 0 Å². The second kappa shape index (κ2) is 9.00. The van der Waals surface area contributed by atoms with Crippen molar-refractivity contribution >= 4 is 54.4 Å². The standard InChI is InChI=1S/C22H22N4O5S2/c1-3-25(2)33(30,31)14-10-11-17-18(13-14)32-22(23-17)24-19(27)9-6-12-26-20(28)15-7-4-5-8-16(15)21(26)29/h4-5,7-8,10-11,13H,3,6,9,12H2,1-2H3,(H,23,24,27). The van der Waals surface area contributed by atoms with Crippen molar-refractivity contribution in [2.24, 2.45) is 0 Å². The molecule has 1 aliphatic rings. The molecule has 3 aromatic rings. The average molecular weight is 487 g/mol. The third kappa shape index (κ3) is 4.39. The number of imide groups is 1. The highest BCUT2D eigenvalue weighted by molar-refractivity contribution is 7.89. The number of amides is 3. The normalized spacial score (nSPS) is 13.7. The Kier molecular flexibility index (Phi) is 6.28. The van der Waals surface area contributed by atoms with E-state index < -0.39 is 10.0 Å². The van der Waals surface area contributed by atoms with E-state index in [4.69, 9.17) is 0 Å². The Bertz CT molecular complexity index is 1330. The maximum atomic E-state index is 12.5. The van der Waals surface area contributed by atoms with Crippen LogP contribution in [-0.4, -0.2) is 60.5 Å². The number of rotatable bonds is 8. The van der Waals surface area contributed by atoms with Gasteiger partial charge in [-0.2, -0.15) is 0 Å². The highest BCUT2D eigenvalue weighted by atomic mass is 32.2. The van der Waals surface area contributed by atoms with Crippen LogP contribution in [0.1, 0.15) is 40.5 Å². The fourth-order valence-electron chi connectivity index (χ4n) is 3.49. The second-order valence-corrected chi connectivity index (χ2v) is 10.6. The molecule has 0 saturated heterocycles. The van der Waals surface area contributed by atoms with Crippen molar-refractivity contribution in [2.45, 2.75) is 24.7 Å². The van der Waals surface area contributed by atoms with Gasteiger partial charge in [0.05, 0.1) is 26.2 Å². The van der Waals surface area contributed by atoms with Crippen molar-refractivity contribution in [1.29, 1.82) is 0 Å². The number of thiazole rings is 1. The number of hydrogen-bond acceptors (Lipinski definition) is 7. The minimum atomic E-state index is -3.58. The topological polar surface area (TPSA) is 117 Å². The zero-order valence-electron chi connectivity index (χ0n) is 18.1. The molecular formula is C22H22N4O5S2. The van der Waals surface area contributed by atoms with Crippen LogP contribution in [0.25, 0.3) is 10.2 Å². The lowest BCUT2D eigenvalue weighted by Crippen LogP contribution is -2.31. The Labute approximate surface area is 195 Å². The molecule has 172 valence electrons. The van der Waals surface area contributed by atoms with Crippen molar-refractivity contribution in [3.05, 3.63) is 53.6 Å². The van der Waals surface area contributed by atoms with E-state index in [0.29, 0.717) is 39.4 Å². The number of sulfonamides is 1. The summed E-state index contributed by atoms with van der Waals surface area (Å²) in [6.45, 7) is 2.25. The maximum absolute atomic E-state index is 12.5. The Hall–Kier alpha value is -3.15. The summed E-state index contributed by atoms with van der Waals surface area (Å²) in [5, 5.41) is 3.06. The largest absolute Gasteiger partial charge is 0.302 e. The monoisotopic (exact) mass is 486 g/mol. The van der Waals surface area contributed by atoms with Crippen molar-refractivity contribution in [3.63, 3.8) is 0 Å². The summed E-state index contributed by atoms with van der Waals surface area (Å²) in [4.78, 5) is 42.8. The van der Waals surface area contributed by atoms with Gasteiger partial charge in [0.25, 0.3) is 11.8 Å². The summed E-state index contributed by atoms with van der Waals surface area (Å²) >= 11 is 1.18. The lowest BCUT2D eigenvalue weighted by Gasteiger charge is -2.14. The Morgan fingerprint density at radius 3 is 2.42 bits per heavy atom. The first-order valence-corrected chi connectivity index (χ1v) is 12.6. The number of aromatic nitrogens is 1. The summed E-state index contributed by atoms with van der Waals surface area (Å²) in [5.41, 5.74) is 1.35. The molecule has 0 bridgehead atoms. The number of carbonyl (C=O) groups is 3. The van der Waals surface area contributed by atoms with Crippen LogP contribution in [0.15, 0.2) is 47.4 Å². The van der Waals surface area contributed by atoms with Gasteiger partial charge in [0.2, 0.25) is 15.9 Å². The number of nitrogens with zero attached hydrogens (tertiary/aromatic N) is 3. The molecule has 1 aromatic heterocycles. The lowest BCUT2D eigenvalue weighted by molar-refractivity contribution is -0.116. The third-order valence-corrected chi connectivity index (χ3v) is 8.29. The molecule has 0 atom stereocenters. The van der Waals surface area contributed by atoms with Crippen LogP contribution in [0.4, 0.5) is 5.13 Å². The first-order valence-electron chi connectivity index (χ1n) is 10.3. The smallest absolute Gasteiger partial charge is 0.261 e. The van der Waals surface area contributed by atoms with Crippen LogP contribution >= 0.6 is 11.3 Å². The average Bonchev–Trinajstić information content (AvgIpc) is 3.31. The molecule has 9 nitrogen and oxygen atoms in total. The van der Waals surface area contributed by atoms with Crippen LogP contribution in [-0.2, 0) is 14.8 Å². The molecule has 0 spiro atoms. The van der Waals surface area contributed by atoms with Gasteiger partial charge in [-0.1, -0.05) is 30.4 Å². The number of hydrogen-bond donors (Lipinski definition) is 1. The van der Waals surface area contributed by atoms with Gasteiger partial charge in [-0.05, 0) is 36.8 Å². The summed E-state index contributed by atoms with van der Waals surface area (Å²) < 4.78 is 26.9. The second-order valence-electron chi connectivity index (χ2n) is 7.53. The van der Waals surface area contributed by atoms with E-state index in [1.54, 1.807) is 43.3 Å². The van der Waals surface area contributed by atoms with Crippen molar-refractivity contribution in [3.8, 4) is 0 Å². The predicted molar refractivity (Wildman–Crippen MR) is 125 cm³/mol. The van der Waals surface area contributed by atoms with Crippen LogP contribution in [0.3, 0.4) is 0 Å². The molecule has 33 heavy (non-hydrogen) atoms. The maximum Gasteiger partial charge on any atom is 0.261 e. The number of anilines is 1. The summed E-state index contributed by atoms with van der Waals surface area (Å²) in [6.07, 6.45) is 0.415. The molecule has 11 heteroatoms. The van der Waals surface area contributed by atoms with Gasteiger partial charge in [0, 0.05) is 26.6 Å². The van der Waals surface area contributed by atoms with Crippen molar-refractivity contribution in [1.82, 2.24) is 14.2 Å². The van der Waals surface area contributed by atoms with Gasteiger partial charge in [-0.25, -0.2) is 17.7 Å². The van der Waals surface area contributed by atoms with E-state index >= 15 is 0 Å². The lowest BCUT2D eigenvalue weighted by atomic mass is 10.1. The number of benzene rings is 2. The zero-order chi connectivity index (χ0) is 23.8. The van der Waals surface area contributed by atoms with E-state index in [1.165, 1.54) is 28.8 Å². The van der Waals surface area contributed by atoms with Crippen LogP contribution in [0.2, 0.25) is 0 Å². The minimum absolute atomic E-state index is 0.101. The molecular weight excluding hydrogens is 464 g/mol. The molecule has 2 aromatic carbocycles. The molecule has 0 radical (unpaired) electrons. The summed E-state index contributed by atoms with van der Waals surface area (Å²) in [7, 11) is -2.06. The Balaban J connectivity index is 1.37. The fourth-order valence-corrected chi connectivity index (χ4v) is 5.69. The minimum Gasteiger partial charge on any atom is -0.302 e. The van der Waals surface area contributed by atoms with Gasteiger partial charge < -0.3 is 5.32 Å². The van der Waals surface area contributed by atoms with E-state index in [2.05, 4.69) is 10.3 Å². The first-order chi connectivity index (χ1) is 15.7. The van der Waals surface area contributed by atoms with Gasteiger partial charge in [0.15, 0.2) is 5.13 Å². The SMILES string of the molecule is CCN(C)S(=O)(=O)c1ccc2nc(NC(=O)CCCN3C(=O)c4ccccc4C3=O)sc2c1. The van der Waals surface area contributed by atoms with Gasteiger partial charge in [0.1, 0.15) is 0 Å². The van der Waals surface area contributed by atoms with E-state index in [0.717, 1.165) is 4.90 Å². The van der Waals surface area contributed by atoms with Gasteiger partial charge in [-0.3, -0.25) is 19.3 Å². The molecule has 2 heterocycles. The Morgan fingerprint density at radius 1 is 1.12 bits per heavy atom.